The molecule has 1 saturated heterocycles. The number of carbonyl (C=O) groups excluding carboxylic acids is 4. The fourth-order valence-electron chi connectivity index (χ4n) is 2.44. The lowest BCUT2D eigenvalue weighted by molar-refractivity contribution is -0.142. The van der Waals surface area contributed by atoms with E-state index in [1.807, 2.05) is 0 Å². The standard InChI is InChI=1S/C17H20N2O6/c1-3-24-15(21)10-18-13-9-14(20)19(16(13)22)12-7-5-11(6-8-12)17(23)25-4-2/h5-8,13,18H,3-4,9-10H2,1-2H3/t13-/m1/s1. The Balaban J connectivity index is 2.04. The Hall–Kier alpha value is -2.74. The van der Waals surface area contributed by atoms with Crippen molar-refractivity contribution < 1.29 is 28.7 Å². The van der Waals surface area contributed by atoms with Gasteiger partial charge in [0, 0.05) is 0 Å². The molecule has 1 aromatic carbocycles. The van der Waals surface area contributed by atoms with Crippen LogP contribution in [0.25, 0.3) is 0 Å². The van der Waals surface area contributed by atoms with Gasteiger partial charge in [-0.1, -0.05) is 0 Å². The van der Waals surface area contributed by atoms with E-state index in [0.717, 1.165) is 4.90 Å². The third-order valence-corrected chi connectivity index (χ3v) is 3.58. The number of hydrogen-bond donors (Lipinski definition) is 1. The monoisotopic (exact) mass is 348 g/mol. The van der Waals surface area contributed by atoms with Crippen LogP contribution in [-0.2, 0) is 23.9 Å². The maximum atomic E-state index is 12.4. The van der Waals surface area contributed by atoms with Gasteiger partial charge in [-0.15, -0.1) is 0 Å². The molecule has 1 aliphatic heterocycles. The van der Waals surface area contributed by atoms with Crippen LogP contribution in [0.5, 0.6) is 0 Å². The van der Waals surface area contributed by atoms with E-state index in [9.17, 15) is 19.2 Å². The highest BCUT2D eigenvalue weighted by Gasteiger charge is 2.39. The Morgan fingerprint density at radius 3 is 2.36 bits per heavy atom. The van der Waals surface area contributed by atoms with Gasteiger partial charge < -0.3 is 9.47 Å². The summed E-state index contributed by atoms with van der Waals surface area (Å²) < 4.78 is 9.66. The van der Waals surface area contributed by atoms with E-state index < -0.39 is 23.9 Å². The van der Waals surface area contributed by atoms with E-state index in [-0.39, 0.29) is 32.1 Å². The minimum Gasteiger partial charge on any atom is -0.465 e. The molecule has 8 nitrogen and oxygen atoms in total. The highest BCUT2D eigenvalue weighted by Crippen LogP contribution is 2.23. The fourth-order valence-corrected chi connectivity index (χ4v) is 2.44. The summed E-state index contributed by atoms with van der Waals surface area (Å²) in [5.41, 5.74) is 0.699. The molecule has 1 fully saturated rings. The molecular weight excluding hydrogens is 328 g/mol. The smallest absolute Gasteiger partial charge is 0.338 e. The predicted molar refractivity (Wildman–Crippen MR) is 87.9 cm³/mol. The second-order valence-corrected chi connectivity index (χ2v) is 5.28. The van der Waals surface area contributed by atoms with Crippen molar-refractivity contribution in [1.29, 1.82) is 0 Å². The number of ether oxygens (including phenoxy) is 2. The quantitative estimate of drug-likeness (QED) is 0.570. The Kier molecular flexibility index (Phi) is 6.24. The molecule has 0 aromatic heterocycles. The second-order valence-electron chi connectivity index (χ2n) is 5.28. The topological polar surface area (TPSA) is 102 Å². The number of nitrogens with one attached hydrogen (secondary N) is 1. The van der Waals surface area contributed by atoms with Crippen LogP contribution in [0, 0.1) is 0 Å². The molecule has 0 unspecified atom stereocenters. The molecule has 8 heteroatoms. The van der Waals surface area contributed by atoms with Gasteiger partial charge in [-0.2, -0.15) is 0 Å². The largest absolute Gasteiger partial charge is 0.465 e. The number of anilines is 1. The van der Waals surface area contributed by atoms with Gasteiger partial charge in [0.15, 0.2) is 0 Å². The van der Waals surface area contributed by atoms with Crippen molar-refractivity contribution in [3.8, 4) is 0 Å². The van der Waals surface area contributed by atoms with E-state index in [1.165, 1.54) is 24.3 Å². The lowest BCUT2D eigenvalue weighted by Crippen LogP contribution is -2.41. The molecule has 0 aliphatic carbocycles. The van der Waals surface area contributed by atoms with Crippen LogP contribution in [0.15, 0.2) is 24.3 Å². The average molecular weight is 348 g/mol. The lowest BCUT2D eigenvalue weighted by Gasteiger charge is -2.15. The summed E-state index contributed by atoms with van der Waals surface area (Å²) in [6, 6.07) is 5.23. The molecule has 1 heterocycles. The van der Waals surface area contributed by atoms with Gasteiger partial charge >= 0.3 is 11.9 Å². The first-order chi connectivity index (χ1) is 12.0. The Bertz CT molecular complexity index is 670. The van der Waals surface area contributed by atoms with Crippen molar-refractivity contribution in [2.75, 3.05) is 24.7 Å². The van der Waals surface area contributed by atoms with Gasteiger partial charge in [0.25, 0.3) is 5.91 Å². The van der Waals surface area contributed by atoms with Crippen LogP contribution in [-0.4, -0.2) is 49.6 Å². The SMILES string of the molecule is CCOC(=O)CN[C@@H]1CC(=O)N(c2ccc(C(=O)OCC)cc2)C1=O. The number of hydrogen-bond acceptors (Lipinski definition) is 7. The lowest BCUT2D eigenvalue weighted by atomic mass is 10.2. The van der Waals surface area contributed by atoms with Crippen molar-refractivity contribution in [3.63, 3.8) is 0 Å². The summed E-state index contributed by atoms with van der Waals surface area (Å²) >= 11 is 0. The zero-order valence-corrected chi connectivity index (χ0v) is 14.1. The molecule has 134 valence electrons. The maximum absolute atomic E-state index is 12.4. The van der Waals surface area contributed by atoms with Crippen LogP contribution in [0.4, 0.5) is 5.69 Å². The Labute approximate surface area is 145 Å². The van der Waals surface area contributed by atoms with Gasteiger partial charge in [0.2, 0.25) is 5.91 Å². The van der Waals surface area contributed by atoms with Crippen LogP contribution in [0.3, 0.4) is 0 Å². The zero-order valence-electron chi connectivity index (χ0n) is 14.1. The third kappa shape index (κ3) is 4.42. The normalized spacial score (nSPS) is 16.9. The van der Waals surface area contributed by atoms with E-state index in [1.54, 1.807) is 13.8 Å². The molecular formula is C17H20N2O6. The number of carbonyl (C=O) groups is 4. The van der Waals surface area contributed by atoms with Gasteiger partial charge in [-0.25, -0.2) is 9.69 Å². The molecule has 0 bridgehead atoms. The van der Waals surface area contributed by atoms with Crippen LogP contribution >= 0.6 is 0 Å². The number of esters is 2. The van der Waals surface area contributed by atoms with E-state index >= 15 is 0 Å². The first-order valence-electron chi connectivity index (χ1n) is 8.00. The zero-order chi connectivity index (χ0) is 18.4. The minimum atomic E-state index is -0.776. The second kappa shape index (κ2) is 8.39. The first-order valence-corrected chi connectivity index (χ1v) is 8.00. The minimum absolute atomic E-state index is 0.0438. The van der Waals surface area contributed by atoms with Gasteiger partial charge in [-0.3, -0.25) is 19.7 Å². The fraction of sp³-hybridized carbons (Fsp3) is 0.412. The molecule has 1 aromatic rings. The summed E-state index contributed by atoms with van der Waals surface area (Å²) in [5, 5.41) is 2.73. The van der Waals surface area contributed by atoms with E-state index in [0.29, 0.717) is 11.3 Å². The van der Waals surface area contributed by atoms with Crippen LogP contribution in [0.2, 0.25) is 0 Å². The Morgan fingerprint density at radius 2 is 1.76 bits per heavy atom. The summed E-state index contributed by atoms with van der Waals surface area (Å²) in [6.45, 7) is 3.75. The maximum Gasteiger partial charge on any atom is 0.338 e. The van der Waals surface area contributed by atoms with Crippen molar-refractivity contribution in [3.05, 3.63) is 29.8 Å². The Morgan fingerprint density at radius 1 is 1.12 bits per heavy atom. The molecule has 0 saturated carbocycles. The molecule has 1 atom stereocenters. The third-order valence-electron chi connectivity index (χ3n) is 3.58. The average Bonchev–Trinajstić information content (AvgIpc) is 2.87. The summed E-state index contributed by atoms with van der Waals surface area (Å²) in [5.74, 6) is -1.78. The first kappa shape index (κ1) is 18.6. The molecule has 1 N–H and O–H groups in total. The number of benzene rings is 1. The van der Waals surface area contributed by atoms with Crippen LogP contribution in [0.1, 0.15) is 30.6 Å². The number of amides is 2. The molecule has 2 amide bonds. The summed E-state index contributed by atoms with van der Waals surface area (Å²) in [4.78, 5) is 48.6. The molecule has 0 radical (unpaired) electrons. The van der Waals surface area contributed by atoms with Gasteiger partial charge in [-0.05, 0) is 38.1 Å². The molecule has 0 spiro atoms. The van der Waals surface area contributed by atoms with Crippen LogP contribution < -0.4 is 10.2 Å². The van der Waals surface area contributed by atoms with Crippen molar-refractivity contribution in [1.82, 2.24) is 5.32 Å². The van der Waals surface area contributed by atoms with Crippen molar-refractivity contribution >= 4 is 29.4 Å². The van der Waals surface area contributed by atoms with Crippen molar-refractivity contribution in [2.45, 2.75) is 26.3 Å². The molecule has 1 aliphatic rings. The number of rotatable bonds is 7. The van der Waals surface area contributed by atoms with Crippen molar-refractivity contribution in [2.24, 2.45) is 0 Å². The van der Waals surface area contributed by atoms with Gasteiger partial charge in [0.1, 0.15) is 0 Å². The van der Waals surface area contributed by atoms with E-state index in [2.05, 4.69) is 5.32 Å². The predicted octanol–water partition coefficient (Wildman–Crippen LogP) is 0.648. The van der Waals surface area contributed by atoms with Gasteiger partial charge in [0.05, 0.1) is 43.5 Å². The number of nitrogens with zero attached hydrogens (tertiary/aromatic N) is 1. The highest BCUT2D eigenvalue weighted by atomic mass is 16.5. The molecule has 2 rings (SSSR count). The highest BCUT2D eigenvalue weighted by molar-refractivity contribution is 6.22. The van der Waals surface area contributed by atoms with E-state index in [4.69, 9.17) is 9.47 Å². The summed E-state index contributed by atoms with van der Waals surface area (Å²) in [6.07, 6.45) is -0.0438. The summed E-state index contributed by atoms with van der Waals surface area (Å²) in [7, 11) is 0. The number of imide groups is 1. The molecule has 25 heavy (non-hydrogen) atoms.